The Morgan fingerprint density at radius 2 is 1.97 bits per heavy atom. The summed E-state index contributed by atoms with van der Waals surface area (Å²) in [6.07, 6.45) is 2.24. The average molecular weight is 441 g/mol. The summed E-state index contributed by atoms with van der Waals surface area (Å²) >= 11 is 0. The molecule has 0 aliphatic carbocycles. The van der Waals surface area contributed by atoms with E-state index in [-0.39, 0.29) is 6.04 Å². The van der Waals surface area contributed by atoms with Crippen LogP contribution in [0.3, 0.4) is 0 Å². The van der Waals surface area contributed by atoms with Gasteiger partial charge in [-0.25, -0.2) is 4.98 Å². The van der Waals surface area contributed by atoms with Crippen molar-refractivity contribution in [2.45, 2.75) is 40.2 Å². The molecule has 1 aromatic carbocycles. The second-order valence-electron chi connectivity index (χ2n) is 7.03. The summed E-state index contributed by atoms with van der Waals surface area (Å²) in [4.78, 5) is 9.14. The van der Waals surface area contributed by atoms with Crippen molar-refractivity contribution in [2.24, 2.45) is 4.99 Å². The monoisotopic (exact) mass is 440 g/mol. The maximum absolute atomic E-state index is 5.75. The van der Waals surface area contributed by atoms with Crippen molar-refractivity contribution in [1.29, 1.82) is 0 Å². The van der Waals surface area contributed by atoms with Gasteiger partial charge < -0.3 is 24.5 Å². The summed E-state index contributed by atoms with van der Waals surface area (Å²) in [6.45, 7) is 10.6. The molecule has 32 heavy (non-hydrogen) atoms. The van der Waals surface area contributed by atoms with E-state index in [1.54, 1.807) is 6.26 Å². The Balaban J connectivity index is 1.62. The van der Waals surface area contributed by atoms with Crippen LogP contribution in [0.1, 0.15) is 45.1 Å². The highest BCUT2D eigenvalue weighted by Gasteiger charge is 2.13. The Morgan fingerprint density at radius 1 is 1.16 bits per heavy atom. The molecule has 0 saturated carbocycles. The van der Waals surface area contributed by atoms with Gasteiger partial charge in [-0.3, -0.25) is 10.1 Å². The maximum atomic E-state index is 5.75. The molecule has 3 N–H and O–H groups in total. The van der Waals surface area contributed by atoms with E-state index in [9.17, 15) is 0 Å². The third-order valence-electron chi connectivity index (χ3n) is 4.66. The van der Waals surface area contributed by atoms with Gasteiger partial charge in [-0.05, 0) is 57.5 Å². The molecule has 0 saturated heterocycles. The minimum Gasteiger partial charge on any atom is -0.490 e. The highest BCUT2D eigenvalue weighted by molar-refractivity contribution is 5.80. The molecule has 3 aromatic rings. The third kappa shape index (κ3) is 6.26. The molecule has 9 nitrogen and oxygen atoms in total. The number of hydrogen-bond acceptors (Lipinski definition) is 6. The largest absolute Gasteiger partial charge is 0.490 e. The summed E-state index contributed by atoms with van der Waals surface area (Å²) in [7, 11) is 0. The Kier molecular flexibility index (Phi) is 8.53. The number of H-pyrrole nitrogens is 1. The molecule has 0 fully saturated rings. The Hall–Kier alpha value is -3.49. The molecule has 1 unspecified atom stereocenters. The fraction of sp³-hybridized carbons (Fsp3) is 0.435. The second kappa shape index (κ2) is 11.8. The first-order valence-corrected chi connectivity index (χ1v) is 11.0. The molecular formula is C23H32N6O3. The van der Waals surface area contributed by atoms with Gasteiger partial charge >= 0.3 is 0 Å². The zero-order valence-corrected chi connectivity index (χ0v) is 19.1. The van der Waals surface area contributed by atoms with Crippen LogP contribution in [-0.2, 0) is 6.42 Å². The molecule has 3 rings (SSSR count). The molecule has 0 aliphatic heterocycles. The number of furan rings is 1. The number of aromatic amines is 1. The molecule has 9 heteroatoms. The summed E-state index contributed by atoms with van der Waals surface area (Å²) in [6, 6.07) is 9.68. The fourth-order valence-electron chi connectivity index (χ4n) is 3.14. The van der Waals surface area contributed by atoms with Crippen molar-refractivity contribution in [2.75, 3.05) is 26.3 Å². The molecule has 172 valence electrons. The van der Waals surface area contributed by atoms with Gasteiger partial charge in [0.1, 0.15) is 5.82 Å². The summed E-state index contributed by atoms with van der Waals surface area (Å²) in [5, 5.41) is 13.9. The van der Waals surface area contributed by atoms with Crippen LogP contribution in [0.4, 0.5) is 0 Å². The van der Waals surface area contributed by atoms with Gasteiger partial charge in [-0.1, -0.05) is 6.07 Å². The first kappa shape index (κ1) is 23.2. The van der Waals surface area contributed by atoms with Crippen LogP contribution < -0.4 is 20.1 Å². The number of aromatic nitrogens is 3. The van der Waals surface area contributed by atoms with Gasteiger partial charge in [0.25, 0.3) is 0 Å². The molecule has 2 aromatic heterocycles. The predicted molar refractivity (Wildman–Crippen MR) is 124 cm³/mol. The van der Waals surface area contributed by atoms with E-state index in [1.165, 1.54) is 0 Å². The highest BCUT2D eigenvalue weighted by Crippen LogP contribution is 2.30. The third-order valence-corrected chi connectivity index (χ3v) is 4.66. The van der Waals surface area contributed by atoms with E-state index in [0.717, 1.165) is 35.4 Å². The van der Waals surface area contributed by atoms with E-state index in [2.05, 4.69) is 37.7 Å². The standard InChI is InChI=1S/C23H32N6O3/c1-5-24-23(25-13-12-21-27-22(29-28-21)19-9-8-14-32-19)26-16(4)17-10-11-18(30-6-2)20(15-17)31-7-3/h8-11,14-16H,5-7,12-13H2,1-4H3,(H2,24,25,26)(H,27,28,29). The summed E-state index contributed by atoms with van der Waals surface area (Å²) in [5.41, 5.74) is 1.08. The van der Waals surface area contributed by atoms with Gasteiger partial charge in [0.2, 0.25) is 5.82 Å². The van der Waals surface area contributed by atoms with Crippen molar-refractivity contribution in [1.82, 2.24) is 25.8 Å². The normalized spacial score (nSPS) is 12.4. The first-order chi connectivity index (χ1) is 15.6. The van der Waals surface area contributed by atoms with Gasteiger partial charge in [0.05, 0.1) is 25.5 Å². The fourth-order valence-corrected chi connectivity index (χ4v) is 3.14. The number of nitrogens with zero attached hydrogens (tertiary/aromatic N) is 3. The molecule has 0 radical (unpaired) electrons. The minimum atomic E-state index is 0.0264. The molecule has 1 atom stereocenters. The molecule has 0 spiro atoms. The molecule has 0 aliphatic rings. The number of hydrogen-bond donors (Lipinski definition) is 3. The number of nitrogens with one attached hydrogen (secondary N) is 3. The molecular weight excluding hydrogens is 408 g/mol. The molecule has 0 amide bonds. The number of ether oxygens (including phenoxy) is 2. The number of rotatable bonds is 11. The van der Waals surface area contributed by atoms with Crippen LogP contribution in [0.5, 0.6) is 11.5 Å². The number of guanidine groups is 1. The average Bonchev–Trinajstić information content (AvgIpc) is 3.47. The van der Waals surface area contributed by atoms with E-state index in [4.69, 9.17) is 13.9 Å². The second-order valence-corrected chi connectivity index (χ2v) is 7.03. The van der Waals surface area contributed by atoms with E-state index in [1.807, 2.05) is 51.1 Å². The van der Waals surface area contributed by atoms with E-state index in [0.29, 0.717) is 37.8 Å². The van der Waals surface area contributed by atoms with Crippen LogP contribution in [0.2, 0.25) is 0 Å². The van der Waals surface area contributed by atoms with Gasteiger partial charge in [-0.2, -0.15) is 5.10 Å². The lowest BCUT2D eigenvalue weighted by atomic mass is 10.1. The van der Waals surface area contributed by atoms with Gasteiger partial charge in [-0.15, -0.1) is 0 Å². The summed E-state index contributed by atoms with van der Waals surface area (Å²) < 4.78 is 16.7. The minimum absolute atomic E-state index is 0.0264. The van der Waals surface area contributed by atoms with Crippen molar-refractivity contribution in [3.05, 3.63) is 48.0 Å². The molecule has 0 bridgehead atoms. The van der Waals surface area contributed by atoms with Crippen molar-refractivity contribution in [3.8, 4) is 23.1 Å². The van der Waals surface area contributed by atoms with Gasteiger partial charge in [0, 0.05) is 19.5 Å². The Bertz CT molecular complexity index is 984. The lowest BCUT2D eigenvalue weighted by Crippen LogP contribution is -2.38. The van der Waals surface area contributed by atoms with E-state index >= 15 is 0 Å². The van der Waals surface area contributed by atoms with Crippen LogP contribution in [-0.4, -0.2) is 47.4 Å². The van der Waals surface area contributed by atoms with Crippen LogP contribution >= 0.6 is 0 Å². The Labute approximate surface area is 188 Å². The molecule has 2 heterocycles. The maximum Gasteiger partial charge on any atom is 0.216 e. The number of aliphatic imine (C=N–C) groups is 1. The summed E-state index contributed by atoms with van der Waals surface area (Å²) in [5.74, 6) is 4.19. The quantitative estimate of drug-likeness (QED) is 0.308. The van der Waals surface area contributed by atoms with Crippen LogP contribution in [0, 0.1) is 0 Å². The van der Waals surface area contributed by atoms with Gasteiger partial charge in [0.15, 0.2) is 23.2 Å². The van der Waals surface area contributed by atoms with E-state index < -0.39 is 0 Å². The van der Waals surface area contributed by atoms with Crippen molar-refractivity contribution in [3.63, 3.8) is 0 Å². The number of benzene rings is 1. The first-order valence-electron chi connectivity index (χ1n) is 11.0. The lowest BCUT2D eigenvalue weighted by molar-refractivity contribution is 0.287. The van der Waals surface area contributed by atoms with Crippen LogP contribution in [0.25, 0.3) is 11.6 Å². The van der Waals surface area contributed by atoms with Crippen molar-refractivity contribution >= 4 is 5.96 Å². The zero-order valence-electron chi connectivity index (χ0n) is 19.1. The highest BCUT2D eigenvalue weighted by atomic mass is 16.5. The topological polar surface area (TPSA) is 110 Å². The smallest absolute Gasteiger partial charge is 0.216 e. The zero-order chi connectivity index (χ0) is 22.8. The SMILES string of the molecule is CCNC(=NCCc1nc(-c2ccco2)n[nH]1)NC(C)c1ccc(OCC)c(OCC)c1. The lowest BCUT2D eigenvalue weighted by Gasteiger charge is -2.20. The Morgan fingerprint density at radius 3 is 2.69 bits per heavy atom. The van der Waals surface area contributed by atoms with Crippen LogP contribution in [0.15, 0.2) is 46.0 Å². The van der Waals surface area contributed by atoms with Crippen molar-refractivity contribution < 1.29 is 13.9 Å². The predicted octanol–water partition coefficient (Wildman–Crippen LogP) is 3.72.